The highest BCUT2D eigenvalue weighted by atomic mass is 16.2. The lowest BCUT2D eigenvalue weighted by Gasteiger charge is -2.18. The molecule has 0 aliphatic carbocycles. The number of rotatable bonds is 4. The molecule has 1 aromatic rings. The van der Waals surface area contributed by atoms with Gasteiger partial charge in [-0.25, -0.2) is 0 Å². The molecule has 92 valence electrons. The van der Waals surface area contributed by atoms with E-state index in [4.69, 9.17) is 5.73 Å². The van der Waals surface area contributed by atoms with E-state index in [-0.39, 0.29) is 11.9 Å². The molecule has 2 rings (SSSR count). The topological polar surface area (TPSA) is 58.4 Å². The van der Waals surface area contributed by atoms with E-state index in [9.17, 15) is 4.79 Å². The van der Waals surface area contributed by atoms with Gasteiger partial charge in [0, 0.05) is 36.9 Å². The van der Waals surface area contributed by atoms with E-state index in [0.717, 1.165) is 24.3 Å². The molecule has 1 fully saturated rings. The molecule has 1 aliphatic heterocycles. The van der Waals surface area contributed by atoms with Crippen molar-refractivity contribution in [1.82, 2.24) is 0 Å². The summed E-state index contributed by atoms with van der Waals surface area (Å²) in [5.74, 6) is 0.217. The normalized spacial score (nSPS) is 17.3. The largest absolute Gasteiger partial charge is 0.381 e. The molecule has 1 aliphatic rings. The summed E-state index contributed by atoms with van der Waals surface area (Å²) in [7, 11) is 0. The molecule has 0 spiro atoms. The highest BCUT2D eigenvalue weighted by Gasteiger charge is 2.21. The molecule has 17 heavy (non-hydrogen) atoms. The predicted molar refractivity (Wildman–Crippen MR) is 70.2 cm³/mol. The summed E-state index contributed by atoms with van der Waals surface area (Å²) in [6, 6.07) is 8.18. The Balaban J connectivity index is 2.13. The molecule has 1 unspecified atom stereocenters. The van der Waals surface area contributed by atoms with Crippen LogP contribution in [0.25, 0.3) is 0 Å². The predicted octanol–water partition coefficient (Wildman–Crippen LogP) is 1.57. The average Bonchev–Trinajstić information content (AvgIpc) is 2.75. The maximum absolute atomic E-state index is 11.6. The van der Waals surface area contributed by atoms with E-state index < -0.39 is 0 Å². The maximum atomic E-state index is 11.6. The fourth-order valence-corrected chi connectivity index (χ4v) is 2.03. The van der Waals surface area contributed by atoms with Crippen molar-refractivity contribution in [3.63, 3.8) is 0 Å². The van der Waals surface area contributed by atoms with Crippen LogP contribution in [0.3, 0.4) is 0 Å². The fraction of sp³-hybridized carbons (Fsp3) is 0.462. The Morgan fingerprint density at radius 3 is 3.00 bits per heavy atom. The van der Waals surface area contributed by atoms with Crippen molar-refractivity contribution in [1.29, 1.82) is 0 Å². The van der Waals surface area contributed by atoms with Gasteiger partial charge in [0.1, 0.15) is 0 Å². The lowest BCUT2D eigenvalue weighted by molar-refractivity contribution is -0.117. The summed E-state index contributed by atoms with van der Waals surface area (Å²) < 4.78 is 0. The Hall–Kier alpha value is -1.55. The smallest absolute Gasteiger partial charge is 0.227 e. The zero-order valence-electron chi connectivity index (χ0n) is 10.1. The van der Waals surface area contributed by atoms with Crippen LogP contribution < -0.4 is 16.0 Å². The number of hydrogen-bond acceptors (Lipinski definition) is 3. The van der Waals surface area contributed by atoms with Gasteiger partial charge in [0.2, 0.25) is 5.91 Å². The monoisotopic (exact) mass is 233 g/mol. The van der Waals surface area contributed by atoms with E-state index in [1.807, 2.05) is 36.1 Å². The minimum Gasteiger partial charge on any atom is -0.381 e. The SMILES string of the molecule is CC(CN)Nc1cccc(N2CCCC2=O)c1. The molecular formula is C13H19N3O. The molecule has 4 heteroatoms. The quantitative estimate of drug-likeness (QED) is 0.830. The first-order chi connectivity index (χ1) is 8.20. The number of hydrogen-bond donors (Lipinski definition) is 2. The van der Waals surface area contributed by atoms with Crippen molar-refractivity contribution < 1.29 is 4.79 Å². The minimum absolute atomic E-state index is 0.217. The molecule has 1 atom stereocenters. The molecule has 0 radical (unpaired) electrons. The van der Waals surface area contributed by atoms with E-state index in [1.165, 1.54) is 0 Å². The van der Waals surface area contributed by atoms with E-state index in [1.54, 1.807) is 0 Å². The van der Waals surface area contributed by atoms with Crippen molar-refractivity contribution in [2.24, 2.45) is 5.73 Å². The number of carbonyl (C=O) groups excluding carboxylic acids is 1. The van der Waals surface area contributed by atoms with Crippen molar-refractivity contribution in [3.05, 3.63) is 24.3 Å². The second-order valence-electron chi connectivity index (χ2n) is 4.48. The van der Waals surface area contributed by atoms with Crippen LogP contribution in [0, 0.1) is 0 Å². The zero-order valence-corrected chi connectivity index (χ0v) is 10.1. The number of amides is 1. The number of nitrogens with zero attached hydrogens (tertiary/aromatic N) is 1. The van der Waals surface area contributed by atoms with E-state index in [0.29, 0.717) is 13.0 Å². The van der Waals surface area contributed by atoms with Gasteiger partial charge in [-0.05, 0) is 31.5 Å². The molecule has 4 nitrogen and oxygen atoms in total. The zero-order chi connectivity index (χ0) is 12.3. The van der Waals surface area contributed by atoms with Crippen LogP contribution in [0.1, 0.15) is 19.8 Å². The van der Waals surface area contributed by atoms with Crippen LogP contribution >= 0.6 is 0 Å². The molecule has 1 amide bonds. The third-order valence-corrected chi connectivity index (χ3v) is 3.00. The number of nitrogens with one attached hydrogen (secondary N) is 1. The molecule has 3 N–H and O–H groups in total. The van der Waals surface area contributed by atoms with E-state index in [2.05, 4.69) is 5.32 Å². The van der Waals surface area contributed by atoms with Crippen molar-refractivity contribution in [2.45, 2.75) is 25.8 Å². The lowest BCUT2D eigenvalue weighted by atomic mass is 10.2. The Morgan fingerprint density at radius 2 is 2.35 bits per heavy atom. The number of benzene rings is 1. The summed E-state index contributed by atoms with van der Waals surface area (Å²) in [5.41, 5.74) is 7.56. The van der Waals surface area contributed by atoms with Gasteiger partial charge in [-0.3, -0.25) is 4.79 Å². The summed E-state index contributed by atoms with van der Waals surface area (Å²) >= 11 is 0. The van der Waals surface area contributed by atoms with Crippen molar-refractivity contribution >= 4 is 17.3 Å². The number of carbonyl (C=O) groups is 1. The second-order valence-corrected chi connectivity index (χ2v) is 4.48. The standard InChI is InChI=1S/C13H19N3O/c1-10(9-14)15-11-4-2-5-12(8-11)16-7-3-6-13(16)17/h2,4-5,8,10,15H,3,6-7,9,14H2,1H3. The maximum Gasteiger partial charge on any atom is 0.227 e. The Bertz CT molecular complexity index is 405. The van der Waals surface area contributed by atoms with Crippen LogP contribution in [0.4, 0.5) is 11.4 Å². The van der Waals surface area contributed by atoms with Gasteiger partial charge in [-0.2, -0.15) is 0 Å². The van der Waals surface area contributed by atoms with E-state index >= 15 is 0 Å². The molecule has 1 heterocycles. The Labute approximate surface area is 102 Å². The molecule has 0 saturated carbocycles. The molecule has 1 saturated heterocycles. The fourth-order valence-electron chi connectivity index (χ4n) is 2.03. The highest BCUT2D eigenvalue weighted by Crippen LogP contribution is 2.24. The lowest BCUT2D eigenvalue weighted by Crippen LogP contribution is -2.26. The van der Waals surface area contributed by atoms with Gasteiger partial charge >= 0.3 is 0 Å². The molecular weight excluding hydrogens is 214 g/mol. The average molecular weight is 233 g/mol. The Kier molecular flexibility index (Phi) is 3.64. The first-order valence-electron chi connectivity index (χ1n) is 6.08. The summed E-state index contributed by atoms with van der Waals surface area (Å²) in [6.07, 6.45) is 1.62. The van der Waals surface area contributed by atoms with Crippen LogP contribution in [-0.4, -0.2) is 25.0 Å². The van der Waals surface area contributed by atoms with Gasteiger partial charge in [0.05, 0.1) is 0 Å². The van der Waals surface area contributed by atoms with Gasteiger partial charge in [-0.15, -0.1) is 0 Å². The molecule has 0 aromatic heterocycles. The Morgan fingerprint density at radius 1 is 1.53 bits per heavy atom. The van der Waals surface area contributed by atoms with Crippen LogP contribution in [0.15, 0.2) is 24.3 Å². The summed E-state index contributed by atoms with van der Waals surface area (Å²) in [4.78, 5) is 13.5. The third-order valence-electron chi connectivity index (χ3n) is 3.00. The minimum atomic E-state index is 0.217. The second kappa shape index (κ2) is 5.19. The molecule has 0 bridgehead atoms. The van der Waals surface area contributed by atoms with Crippen LogP contribution in [0.2, 0.25) is 0 Å². The van der Waals surface area contributed by atoms with Crippen LogP contribution in [-0.2, 0) is 4.79 Å². The number of nitrogens with two attached hydrogens (primary N) is 1. The van der Waals surface area contributed by atoms with Gasteiger partial charge in [-0.1, -0.05) is 6.07 Å². The summed E-state index contributed by atoms with van der Waals surface area (Å²) in [6.45, 7) is 3.45. The molecule has 1 aromatic carbocycles. The van der Waals surface area contributed by atoms with Gasteiger partial charge in [0.25, 0.3) is 0 Å². The van der Waals surface area contributed by atoms with Crippen LogP contribution in [0.5, 0.6) is 0 Å². The van der Waals surface area contributed by atoms with Crippen molar-refractivity contribution in [3.8, 4) is 0 Å². The first kappa shape index (κ1) is 11.9. The van der Waals surface area contributed by atoms with Crippen molar-refractivity contribution in [2.75, 3.05) is 23.3 Å². The van der Waals surface area contributed by atoms with Gasteiger partial charge < -0.3 is 16.0 Å². The van der Waals surface area contributed by atoms with Gasteiger partial charge in [0.15, 0.2) is 0 Å². The summed E-state index contributed by atoms with van der Waals surface area (Å²) in [5, 5.41) is 3.31. The first-order valence-corrected chi connectivity index (χ1v) is 6.08. The number of anilines is 2. The third kappa shape index (κ3) is 2.77. The highest BCUT2D eigenvalue weighted by molar-refractivity contribution is 5.95.